The SMILES string of the molecule is C[C@@H](CNC(=O)[C@@H]1COc2ccccc2C1)N1CCN(c2ccccc2)CC1. The van der Waals surface area contributed by atoms with Gasteiger partial charge < -0.3 is 15.0 Å². The number of rotatable bonds is 5. The van der Waals surface area contributed by atoms with Crippen LogP contribution < -0.4 is 15.0 Å². The number of hydrogen-bond acceptors (Lipinski definition) is 4. The molecule has 5 heteroatoms. The van der Waals surface area contributed by atoms with Crippen LogP contribution in [0.15, 0.2) is 54.6 Å². The molecule has 0 saturated carbocycles. The quantitative estimate of drug-likeness (QED) is 0.867. The standard InChI is InChI=1S/C23H29N3O2/c1-18(25-11-13-26(14-12-25)21-8-3-2-4-9-21)16-24-23(27)20-15-19-7-5-6-10-22(19)28-17-20/h2-10,18,20H,11-17H2,1H3,(H,24,27)/t18-,20-/m0/s1. The van der Waals surface area contributed by atoms with E-state index in [1.54, 1.807) is 0 Å². The minimum atomic E-state index is -0.1000. The topological polar surface area (TPSA) is 44.8 Å². The molecule has 0 radical (unpaired) electrons. The third kappa shape index (κ3) is 4.30. The number of nitrogens with zero attached hydrogens (tertiary/aromatic N) is 2. The van der Waals surface area contributed by atoms with Gasteiger partial charge in [-0.15, -0.1) is 0 Å². The molecule has 2 atom stereocenters. The van der Waals surface area contributed by atoms with Gasteiger partial charge in [-0.3, -0.25) is 9.69 Å². The molecule has 1 saturated heterocycles. The average molecular weight is 380 g/mol. The van der Waals surface area contributed by atoms with Gasteiger partial charge in [-0.1, -0.05) is 36.4 Å². The first-order chi connectivity index (χ1) is 13.7. The molecule has 5 nitrogen and oxygen atoms in total. The number of para-hydroxylation sites is 2. The molecule has 4 rings (SSSR count). The summed E-state index contributed by atoms with van der Waals surface area (Å²) in [5, 5.41) is 3.15. The van der Waals surface area contributed by atoms with E-state index in [0.29, 0.717) is 19.2 Å². The van der Waals surface area contributed by atoms with E-state index in [0.717, 1.165) is 43.9 Å². The molecule has 0 aromatic heterocycles. The van der Waals surface area contributed by atoms with E-state index < -0.39 is 0 Å². The first-order valence-corrected chi connectivity index (χ1v) is 10.2. The molecule has 2 aliphatic heterocycles. The molecule has 0 unspecified atom stereocenters. The Hall–Kier alpha value is -2.53. The number of amides is 1. The van der Waals surface area contributed by atoms with Gasteiger partial charge in [-0.25, -0.2) is 0 Å². The highest BCUT2D eigenvalue weighted by atomic mass is 16.5. The first-order valence-electron chi connectivity index (χ1n) is 10.2. The number of anilines is 1. The molecule has 2 aromatic carbocycles. The van der Waals surface area contributed by atoms with Gasteiger partial charge in [0.1, 0.15) is 12.4 Å². The summed E-state index contributed by atoms with van der Waals surface area (Å²) in [5.41, 5.74) is 2.42. The van der Waals surface area contributed by atoms with Gasteiger partial charge in [0, 0.05) is 44.5 Å². The number of hydrogen-bond donors (Lipinski definition) is 1. The molecule has 1 N–H and O–H groups in total. The number of piperazine rings is 1. The number of ether oxygens (including phenoxy) is 1. The number of carbonyl (C=O) groups is 1. The average Bonchev–Trinajstić information content (AvgIpc) is 2.77. The molecule has 2 heterocycles. The zero-order chi connectivity index (χ0) is 19.3. The molecule has 0 bridgehead atoms. The Bertz CT molecular complexity index is 787. The molecule has 0 aliphatic carbocycles. The maximum Gasteiger partial charge on any atom is 0.226 e. The van der Waals surface area contributed by atoms with Crippen molar-refractivity contribution in [3.8, 4) is 5.75 Å². The van der Waals surface area contributed by atoms with Crippen molar-refractivity contribution in [2.75, 3.05) is 44.2 Å². The van der Waals surface area contributed by atoms with Crippen molar-refractivity contribution in [1.29, 1.82) is 0 Å². The summed E-state index contributed by atoms with van der Waals surface area (Å²) in [6.45, 7) is 7.43. The molecule has 2 aliphatic rings. The highest BCUT2D eigenvalue weighted by Gasteiger charge is 2.27. The second kappa shape index (κ2) is 8.65. The Kier molecular flexibility index (Phi) is 5.81. The summed E-state index contributed by atoms with van der Waals surface area (Å²) >= 11 is 0. The monoisotopic (exact) mass is 379 g/mol. The highest BCUT2D eigenvalue weighted by Crippen LogP contribution is 2.26. The van der Waals surface area contributed by atoms with Crippen LogP contribution in [0, 0.1) is 5.92 Å². The van der Waals surface area contributed by atoms with Crippen molar-refractivity contribution in [2.24, 2.45) is 5.92 Å². The Morgan fingerprint density at radius 3 is 2.57 bits per heavy atom. The summed E-state index contributed by atoms with van der Waals surface area (Å²) < 4.78 is 5.76. The van der Waals surface area contributed by atoms with Crippen molar-refractivity contribution in [1.82, 2.24) is 10.2 Å². The van der Waals surface area contributed by atoms with Gasteiger partial charge in [-0.05, 0) is 37.1 Å². The maximum absolute atomic E-state index is 12.6. The third-order valence-corrected chi connectivity index (χ3v) is 5.88. The lowest BCUT2D eigenvalue weighted by Gasteiger charge is -2.39. The van der Waals surface area contributed by atoms with Crippen LogP contribution in [0.5, 0.6) is 5.75 Å². The van der Waals surface area contributed by atoms with Crippen LogP contribution in [0.4, 0.5) is 5.69 Å². The largest absolute Gasteiger partial charge is 0.492 e. The van der Waals surface area contributed by atoms with Crippen molar-refractivity contribution in [3.63, 3.8) is 0 Å². The third-order valence-electron chi connectivity index (χ3n) is 5.88. The summed E-state index contributed by atoms with van der Waals surface area (Å²) in [4.78, 5) is 17.5. The predicted octanol–water partition coefficient (Wildman–Crippen LogP) is 2.56. The first kappa shape index (κ1) is 18.8. The van der Waals surface area contributed by atoms with Gasteiger partial charge in [0.15, 0.2) is 0 Å². The molecular weight excluding hydrogens is 350 g/mol. The molecule has 1 amide bonds. The lowest BCUT2D eigenvalue weighted by atomic mass is 9.96. The van der Waals surface area contributed by atoms with E-state index in [1.807, 2.05) is 24.3 Å². The zero-order valence-corrected chi connectivity index (χ0v) is 16.5. The lowest BCUT2D eigenvalue weighted by Crippen LogP contribution is -2.53. The Morgan fingerprint density at radius 1 is 1.07 bits per heavy atom. The lowest BCUT2D eigenvalue weighted by molar-refractivity contribution is -0.126. The maximum atomic E-state index is 12.6. The molecule has 0 spiro atoms. The minimum absolute atomic E-state index is 0.1000. The Balaban J connectivity index is 1.23. The fourth-order valence-electron chi connectivity index (χ4n) is 4.08. The number of nitrogens with one attached hydrogen (secondary N) is 1. The highest BCUT2D eigenvalue weighted by molar-refractivity contribution is 5.79. The summed E-state index contributed by atoms with van der Waals surface area (Å²) in [7, 11) is 0. The second-order valence-electron chi connectivity index (χ2n) is 7.77. The van der Waals surface area contributed by atoms with Crippen LogP contribution in [0.1, 0.15) is 12.5 Å². The smallest absolute Gasteiger partial charge is 0.226 e. The van der Waals surface area contributed by atoms with E-state index in [1.165, 1.54) is 5.69 Å². The summed E-state index contributed by atoms with van der Waals surface area (Å²) in [6, 6.07) is 18.9. The molecule has 2 aromatic rings. The fourth-order valence-corrected chi connectivity index (χ4v) is 4.08. The van der Waals surface area contributed by atoms with Crippen LogP contribution in [0.25, 0.3) is 0 Å². The minimum Gasteiger partial charge on any atom is -0.492 e. The normalized spacial score (nSPS) is 20.8. The Morgan fingerprint density at radius 2 is 1.79 bits per heavy atom. The number of benzene rings is 2. The van der Waals surface area contributed by atoms with Gasteiger partial charge in [0.05, 0.1) is 5.92 Å². The number of carbonyl (C=O) groups excluding carboxylic acids is 1. The van der Waals surface area contributed by atoms with Crippen LogP contribution in [-0.4, -0.2) is 56.2 Å². The van der Waals surface area contributed by atoms with Crippen molar-refractivity contribution >= 4 is 11.6 Å². The van der Waals surface area contributed by atoms with Gasteiger partial charge in [0.25, 0.3) is 0 Å². The second-order valence-corrected chi connectivity index (χ2v) is 7.77. The Labute approximate surface area is 167 Å². The van der Waals surface area contributed by atoms with Gasteiger partial charge >= 0.3 is 0 Å². The molecule has 1 fully saturated rings. The number of fused-ring (bicyclic) bond motifs is 1. The van der Waals surface area contributed by atoms with E-state index >= 15 is 0 Å². The fraction of sp³-hybridized carbons (Fsp3) is 0.435. The molecule has 148 valence electrons. The van der Waals surface area contributed by atoms with E-state index in [9.17, 15) is 4.79 Å². The van der Waals surface area contributed by atoms with Crippen LogP contribution >= 0.6 is 0 Å². The van der Waals surface area contributed by atoms with Crippen molar-refractivity contribution < 1.29 is 9.53 Å². The summed E-state index contributed by atoms with van der Waals surface area (Å²) in [6.07, 6.45) is 0.756. The predicted molar refractivity (Wildman–Crippen MR) is 112 cm³/mol. The molecule has 28 heavy (non-hydrogen) atoms. The van der Waals surface area contributed by atoms with Gasteiger partial charge in [0.2, 0.25) is 5.91 Å². The van der Waals surface area contributed by atoms with E-state index in [2.05, 4.69) is 52.4 Å². The van der Waals surface area contributed by atoms with Crippen molar-refractivity contribution in [2.45, 2.75) is 19.4 Å². The zero-order valence-electron chi connectivity index (χ0n) is 16.5. The van der Waals surface area contributed by atoms with E-state index in [-0.39, 0.29) is 11.8 Å². The van der Waals surface area contributed by atoms with Crippen LogP contribution in [0.2, 0.25) is 0 Å². The van der Waals surface area contributed by atoms with Gasteiger partial charge in [-0.2, -0.15) is 0 Å². The summed E-state index contributed by atoms with van der Waals surface area (Å²) in [5.74, 6) is 0.914. The molecular formula is C23H29N3O2. The van der Waals surface area contributed by atoms with Crippen LogP contribution in [0.3, 0.4) is 0 Å². The van der Waals surface area contributed by atoms with Crippen LogP contribution in [-0.2, 0) is 11.2 Å². The van der Waals surface area contributed by atoms with E-state index in [4.69, 9.17) is 4.74 Å². The van der Waals surface area contributed by atoms with Crippen molar-refractivity contribution in [3.05, 3.63) is 60.2 Å².